The standard InChI is InChI=1S/C22H20BrNO4/c1-27-20-11-17(13-24-18-9-7-16(8-10-18)22(25)26)19(23)12-21(20)28-14-15-5-3-2-4-6-15/h2-12,24H,13-14H2,1H3,(H,25,26). The molecule has 0 spiro atoms. The number of anilines is 1. The van der Waals surface area contributed by atoms with Gasteiger partial charge in [0, 0.05) is 16.7 Å². The number of ether oxygens (including phenoxy) is 2. The van der Waals surface area contributed by atoms with Crippen molar-refractivity contribution in [3.05, 3.63) is 87.9 Å². The summed E-state index contributed by atoms with van der Waals surface area (Å²) in [7, 11) is 1.61. The number of nitrogens with one attached hydrogen (secondary N) is 1. The molecule has 0 aromatic heterocycles. The van der Waals surface area contributed by atoms with E-state index in [4.69, 9.17) is 14.6 Å². The highest BCUT2D eigenvalue weighted by molar-refractivity contribution is 9.10. The molecule has 0 amide bonds. The molecule has 144 valence electrons. The molecule has 3 aromatic rings. The van der Waals surface area contributed by atoms with Gasteiger partial charge in [0.2, 0.25) is 0 Å². The van der Waals surface area contributed by atoms with Gasteiger partial charge in [-0.05, 0) is 47.5 Å². The largest absolute Gasteiger partial charge is 0.493 e. The van der Waals surface area contributed by atoms with E-state index < -0.39 is 5.97 Å². The molecule has 0 heterocycles. The van der Waals surface area contributed by atoms with Gasteiger partial charge < -0.3 is 19.9 Å². The fourth-order valence-corrected chi connectivity index (χ4v) is 3.11. The number of aromatic carboxylic acids is 1. The van der Waals surface area contributed by atoms with Crippen LogP contribution in [0.2, 0.25) is 0 Å². The second kappa shape index (κ2) is 9.28. The number of carboxylic acid groups (broad SMARTS) is 1. The van der Waals surface area contributed by atoms with Crippen molar-refractivity contribution in [1.82, 2.24) is 0 Å². The third-order valence-electron chi connectivity index (χ3n) is 4.18. The molecule has 3 rings (SSSR count). The summed E-state index contributed by atoms with van der Waals surface area (Å²) in [6.45, 7) is 0.999. The topological polar surface area (TPSA) is 67.8 Å². The summed E-state index contributed by atoms with van der Waals surface area (Å²) < 4.78 is 12.3. The maximum absolute atomic E-state index is 10.9. The van der Waals surface area contributed by atoms with Gasteiger partial charge in [0.1, 0.15) is 6.61 Å². The molecular formula is C22H20BrNO4. The SMILES string of the molecule is COc1cc(CNc2ccc(C(=O)O)cc2)c(Br)cc1OCc1ccccc1. The first-order valence-electron chi connectivity index (χ1n) is 8.67. The summed E-state index contributed by atoms with van der Waals surface area (Å²) in [5.74, 6) is 0.370. The van der Waals surface area contributed by atoms with Crippen LogP contribution < -0.4 is 14.8 Å². The van der Waals surface area contributed by atoms with Gasteiger partial charge >= 0.3 is 5.97 Å². The van der Waals surface area contributed by atoms with Crippen LogP contribution in [0.4, 0.5) is 5.69 Å². The van der Waals surface area contributed by atoms with Gasteiger partial charge in [0.25, 0.3) is 0 Å². The molecule has 0 aliphatic rings. The zero-order valence-corrected chi connectivity index (χ0v) is 16.9. The Labute approximate surface area is 172 Å². The van der Waals surface area contributed by atoms with Crippen LogP contribution >= 0.6 is 15.9 Å². The second-order valence-corrected chi connectivity index (χ2v) is 6.96. The van der Waals surface area contributed by atoms with Crippen LogP contribution in [-0.4, -0.2) is 18.2 Å². The van der Waals surface area contributed by atoms with Crippen molar-refractivity contribution < 1.29 is 19.4 Å². The molecule has 0 saturated heterocycles. The third-order valence-corrected chi connectivity index (χ3v) is 4.92. The van der Waals surface area contributed by atoms with E-state index in [9.17, 15) is 4.79 Å². The fraction of sp³-hybridized carbons (Fsp3) is 0.136. The number of methoxy groups -OCH3 is 1. The molecular weight excluding hydrogens is 422 g/mol. The van der Waals surface area contributed by atoms with Crippen molar-refractivity contribution in [2.45, 2.75) is 13.2 Å². The molecule has 28 heavy (non-hydrogen) atoms. The monoisotopic (exact) mass is 441 g/mol. The highest BCUT2D eigenvalue weighted by atomic mass is 79.9. The molecule has 5 nitrogen and oxygen atoms in total. The van der Waals surface area contributed by atoms with Crippen molar-refractivity contribution in [3.8, 4) is 11.5 Å². The highest BCUT2D eigenvalue weighted by Crippen LogP contribution is 2.34. The summed E-state index contributed by atoms with van der Waals surface area (Å²) in [4.78, 5) is 10.9. The summed E-state index contributed by atoms with van der Waals surface area (Å²) in [6.07, 6.45) is 0. The summed E-state index contributed by atoms with van der Waals surface area (Å²) in [6, 6.07) is 20.4. The summed E-state index contributed by atoms with van der Waals surface area (Å²) in [5.41, 5.74) is 3.16. The molecule has 0 saturated carbocycles. The number of rotatable bonds is 8. The minimum atomic E-state index is -0.940. The van der Waals surface area contributed by atoms with Gasteiger partial charge in [-0.3, -0.25) is 0 Å². The normalized spacial score (nSPS) is 10.4. The number of carbonyl (C=O) groups is 1. The van der Waals surface area contributed by atoms with Crippen LogP contribution in [0, 0.1) is 0 Å². The van der Waals surface area contributed by atoms with Crippen LogP contribution in [0.25, 0.3) is 0 Å². The van der Waals surface area contributed by atoms with Crippen molar-refractivity contribution in [3.63, 3.8) is 0 Å². The van der Waals surface area contributed by atoms with E-state index in [2.05, 4.69) is 21.2 Å². The van der Waals surface area contributed by atoms with Gasteiger partial charge in [0.15, 0.2) is 11.5 Å². The van der Waals surface area contributed by atoms with Crippen molar-refractivity contribution in [2.75, 3.05) is 12.4 Å². The predicted octanol–water partition coefficient (Wildman–Crippen LogP) is 5.35. The Hall–Kier alpha value is -2.99. The smallest absolute Gasteiger partial charge is 0.335 e. The molecule has 0 radical (unpaired) electrons. The lowest BCUT2D eigenvalue weighted by atomic mass is 10.1. The predicted molar refractivity (Wildman–Crippen MR) is 112 cm³/mol. The zero-order chi connectivity index (χ0) is 19.9. The van der Waals surface area contributed by atoms with E-state index in [0.717, 1.165) is 21.3 Å². The van der Waals surface area contributed by atoms with Crippen LogP contribution in [0.15, 0.2) is 71.2 Å². The van der Waals surface area contributed by atoms with Crippen LogP contribution in [0.3, 0.4) is 0 Å². The summed E-state index contributed by atoms with van der Waals surface area (Å²) in [5, 5.41) is 12.2. The number of halogens is 1. The lowest BCUT2D eigenvalue weighted by molar-refractivity contribution is 0.0697. The Morgan fingerprint density at radius 2 is 1.75 bits per heavy atom. The van der Waals surface area contributed by atoms with Crippen LogP contribution in [0.5, 0.6) is 11.5 Å². The van der Waals surface area contributed by atoms with E-state index in [1.54, 1.807) is 31.4 Å². The van der Waals surface area contributed by atoms with Gasteiger partial charge in [-0.25, -0.2) is 4.79 Å². The molecule has 0 bridgehead atoms. The lowest BCUT2D eigenvalue weighted by Crippen LogP contribution is -2.03. The Bertz CT molecular complexity index is 943. The maximum atomic E-state index is 10.9. The second-order valence-electron chi connectivity index (χ2n) is 6.10. The van der Waals surface area contributed by atoms with Crippen molar-refractivity contribution in [2.24, 2.45) is 0 Å². The average molecular weight is 442 g/mol. The van der Waals surface area contributed by atoms with Crippen molar-refractivity contribution in [1.29, 1.82) is 0 Å². The van der Waals surface area contributed by atoms with Gasteiger partial charge in [0.05, 0.1) is 12.7 Å². The van der Waals surface area contributed by atoms with E-state index in [1.807, 2.05) is 42.5 Å². The Balaban J connectivity index is 1.69. The van der Waals surface area contributed by atoms with Gasteiger partial charge in [-0.15, -0.1) is 0 Å². The molecule has 0 aliphatic carbocycles. The molecule has 0 unspecified atom stereocenters. The van der Waals surface area contributed by atoms with Gasteiger partial charge in [-0.1, -0.05) is 46.3 Å². The first-order chi connectivity index (χ1) is 13.6. The van der Waals surface area contributed by atoms with Crippen LogP contribution in [0.1, 0.15) is 21.5 Å². The Morgan fingerprint density at radius 3 is 2.39 bits per heavy atom. The van der Waals surface area contributed by atoms with Crippen molar-refractivity contribution >= 4 is 27.6 Å². The first-order valence-corrected chi connectivity index (χ1v) is 9.46. The number of carboxylic acids is 1. The van der Waals surface area contributed by atoms with E-state index >= 15 is 0 Å². The van der Waals surface area contributed by atoms with Crippen LogP contribution in [-0.2, 0) is 13.2 Å². The number of benzene rings is 3. The number of hydrogen-bond donors (Lipinski definition) is 2. The summed E-state index contributed by atoms with van der Waals surface area (Å²) >= 11 is 3.59. The Morgan fingerprint density at radius 1 is 1.04 bits per heavy atom. The minimum absolute atomic E-state index is 0.258. The van der Waals surface area contributed by atoms with E-state index in [0.29, 0.717) is 24.7 Å². The molecule has 0 fully saturated rings. The molecule has 0 atom stereocenters. The third kappa shape index (κ3) is 5.04. The van der Waals surface area contributed by atoms with E-state index in [-0.39, 0.29) is 5.56 Å². The minimum Gasteiger partial charge on any atom is -0.493 e. The molecule has 3 aromatic carbocycles. The Kier molecular flexibility index (Phi) is 6.55. The lowest BCUT2D eigenvalue weighted by Gasteiger charge is -2.15. The molecule has 0 aliphatic heterocycles. The first kappa shape index (κ1) is 19.8. The molecule has 6 heteroatoms. The van der Waals surface area contributed by atoms with E-state index in [1.165, 1.54) is 0 Å². The average Bonchev–Trinajstić information content (AvgIpc) is 2.72. The molecule has 2 N–H and O–H groups in total. The van der Waals surface area contributed by atoms with Gasteiger partial charge in [-0.2, -0.15) is 0 Å². The zero-order valence-electron chi connectivity index (χ0n) is 15.3. The maximum Gasteiger partial charge on any atom is 0.335 e. The highest BCUT2D eigenvalue weighted by Gasteiger charge is 2.11. The quantitative estimate of drug-likeness (QED) is 0.493. The fourth-order valence-electron chi connectivity index (χ4n) is 2.65. The number of hydrogen-bond acceptors (Lipinski definition) is 4.